The van der Waals surface area contributed by atoms with Gasteiger partial charge in [0, 0.05) is 0 Å². The molecule has 0 fully saturated rings. The Bertz CT molecular complexity index is 157. The van der Waals surface area contributed by atoms with Gasteiger partial charge in [-0.15, -0.1) is 13.2 Å². The Morgan fingerprint density at radius 2 is 1.64 bits per heavy atom. The van der Waals surface area contributed by atoms with Crippen molar-refractivity contribution >= 4 is 0 Å². The predicted molar refractivity (Wildman–Crippen MR) is 68.5 cm³/mol. The lowest BCUT2D eigenvalue weighted by molar-refractivity contribution is 0.662. The zero-order chi connectivity index (χ0) is 11.4. The largest absolute Gasteiger partial charge is 0.103 e. The first kappa shape index (κ1) is 15.7. The monoisotopic (exact) mass is 194 g/mol. The van der Waals surface area contributed by atoms with E-state index in [0.29, 0.717) is 0 Å². The van der Waals surface area contributed by atoms with E-state index in [4.69, 9.17) is 0 Å². The van der Waals surface area contributed by atoms with Crippen molar-refractivity contribution < 1.29 is 0 Å². The molecule has 14 heavy (non-hydrogen) atoms. The summed E-state index contributed by atoms with van der Waals surface area (Å²) in [5, 5.41) is 0. The van der Waals surface area contributed by atoms with Crippen molar-refractivity contribution in [3.63, 3.8) is 0 Å². The smallest absolute Gasteiger partial charge is 0.0316 e. The van der Waals surface area contributed by atoms with Gasteiger partial charge in [-0.2, -0.15) is 0 Å². The van der Waals surface area contributed by atoms with Crippen LogP contribution in [0, 0.1) is 5.92 Å². The van der Waals surface area contributed by atoms with Crippen LogP contribution in [-0.2, 0) is 0 Å². The molecule has 0 atom stereocenters. The summed E-state index contributed by atoms with van der Waals surface area (Å²) < 4.78 is 0. The van der Waals surface area contributed by atoms with Crippen LogP contribution >= 0.6 is 0 Å². The van der Waals surface area contributed by atoms with Crippen LogP contribution in [0.1, 0.15) is 47.0 Å². The van der Waals surface area contributed by atoms with Crippen LogP contribution in [0.25, 0.3) is 0 Å². The van der Waals surface area contributed by atoms with Gasteiger partial charge in [-0.1, -0.05) is 37.6 Å². The average molecular weight is 194 g/mol. The Morgan fingerprint density at radius 1 is 1.14 bits per heavy atom. The van der Waals surface area contributed by atoms with Crippen LogP contribution in [0.2, 0.25) is 0 Å². The summed E-state index contributed by atoms with van der Waals surface area (Å²) in [5.74, 6) is 0.792. The Morgan fingerprint density at radius 3 is 2.00 bits per heavy atom. The molecule has 0 amide bonds. The highest BCUT2D eigenvalue weighted by Gasteiger charge is 1.85. The Labute approximate surface area is 90.4 Å². The van der Waals surface area contributed by atoms with Gasteiger partial charge >= 0.3 is 0 Å². The fourth-order valence-corrected chi connectivity index (χ4v) is 0.700. The van der Waals surface area contributed by atoms with Crippen LogP contribution < -0.4 is 0 Å². The minimum absolute atomic E-state index is 0.792. The van der Waals surface area contributed by atoms with Gasteiger partial charge in [0.05, 0.1) is 0 Å². The topological polar surface area (TPSA) is 0 Å². The Balaban J connectivity index is 0. The molecule has 0 aliphatic rings. The normalized spacial score (nSPS) is 9.79. The summed E-state index contributed by atoms with van der Waals surface area (Å²) >= 11 is 0. The van der Waals surface area contributed by atoms with Crippen molar-refractivity contribution in [1.82, 2.24) is 0 Å². The molecule has 0 heterocycles. The second kappa shape index (κ2) is 12.2. The van der Waals surface area contributed by atoms with Crippen molar-refractivity contribution in [3.05, 3.63) is 37.0 Å². The Hall–Kier alpha value is -0.780. The number of hydrogen-bond donors (Lipinski definition) is 0. The fraction of sp³-hybridized carbons (Fsp3) is 0.571. The zero-order valence-electron chi connectivity index (χ0n) is 10.3. The SMILES string of the molecule is C=C(C)C.C=CCCC=CCC(C)C. The first-order valence-corrected chi connectivity index (χ1v) is 5.38. The van der Waals surface area contributed by atoms with E-state index in [1.165, 1.54) is 12.0 Å². The van der Waals surface area contributed by atoms with Gasteiger partial charge in [0.15, 0.2) is 0 Å². The third-order valence-electron chi connectivity index (χ3n) is 1.31. The molecule has 0 radical (unpaired) electrons. The predicted octanol–water partition coefficient (Wildman–Crippen LogP) is 5.14. The molecule has 0 aliphatic heterocycles. The lowest BCUT2D eigenvalue weighted by Gasteiger charge is -1.95. The third-order valence-corrected chi connectivity index (χ3v) is 1.31. The maximum Gasteiger partial charge on any atom is -0.0316 e. The van der Waals surface area contributed by atoms with E-state index in [2.05, 4.69) is 39.2 Å². The summed E-state index contributed by atoms with van der Waals surface area (Å²) in [7, 11) is 0. The molecule has 0 nitrogen and oxygen atoms in total. The van der Waals surface area contributed by atoms with E-state index < -0.39 is 0 Å². The molecule has 0 saturated carbocycles. The summed E-state index contributed by atoms with van der Waals surface area (Å²) in [6, 6.07) is 0. The van der Waals surface area contributed by atoms with Gasteiger partial charge in [0.25, 0.3) is 0 Å². The highest BCUT2D eigenvalue weighted by molar-refractivity contribution is 4.84. The number of hydrogen-bond acceptors (Lipinski definition) is 0. The molecule has 0 N–H and O–H groups in total. The third kappa shape index (κ3) is 30.3. The first-order chi connectivity index (χ1) is 6.50. The lowest BCUT2D eigenvalue weighted by atomic mass is 10.1. The first-order valence-electron chi connectivity index (χ1n) is 5.38. The molecule has 0 rings (SSSR count). The highest BCUT2D eigenvalue weighted by Crippen LogP contribution is 2.01. The van der Waals surface area contributed by atoms with Crippen molar-refractivity contribution in [3.8, 4) is 0 Å². The summed E-state index contributed by atoms with van der Waals surface area (Å²) in [6.45, 7) is 15.6. The molecule has 0 aliphatic carbocycles. The van der Waals surface area contributed by atoms with E-state index in [9.17, 15) is 0 Å². The quantitative estimate of drug-likeness (QED) is 0.420. The second-order valence-electron chi connectivity index (χ2n) is 4.17. The van der Waals surface area contributed by atoms with Crippen LogP contribution in [0.4, 0.5) is 0 Å². The molecule has 0 aromatic carbocycles. The van der Waals surface area contributed by atoms with E-state index in [1.54, 1.807) is 0 Å². The van der Waals surface area contributed by atoms with Crippen LogP contribution in [-0.4, -0.2) is 0 Å². The molecule has 0 aromatic heterocycles. The molecular weight excluding hydrogens is 168 g/mol. The van der Waals surface area contributed by atoms with E-state index >= 15 is 0 Å². The van der Waals surface area contributed by atoms with E-state index in [0.717, 1.165) is 18.8 Å². The van der Waals surface area contributed by atoms with Crippen molar-refractivity contribution in [2.75, 3.05) is 0 Å². The molecule has 82 valence electrons. The molecule has 0 bridgehead atoms. The highest BCUT2D eigenvalue weighted by atomic mass is 13.9. The molecule has 0 unspecified atom stereocenters. The molecule has 0 spiro atoms. The number of rotatable bonds is 5. The van der Waals surface area contributed by atoms with E-state index in [1.807, 2.05) is 19.9 Å². The minimum Gasteiger partial charge on any atom is -0.103 e. The second-order valence-corrected chi connectivity index (χ2v) is 4.17. The lowest BCUT2D eigenvalue weighted by Crippen LogP contribution is -1.80. The van der Waals surface area contributed by atoms with Gasteiger partial charge in [0.1, 0.15) is 0 Å². The maximum absolute atomic E-state index is 3.66. The maximum atomic E-state index is 3.66. The minimum atomic E-state index is 0.792. The standard InChI is InChI=1S/C10H18.C4H8/c1-4-5-6-7-8-9-10(2)3;1-4(2)3/h4,7-8,10H,1,5-6,9H2,2-3H3;1H2,2-3H3. The van der Waals surface area contributed by atoms with Crippen LogP contribution in [0.5, 0.6) is 0 Å². The zero-order valence-corrected chi connectivity index (χ0v) is 10.3. The van der Waals surface area contributed by atoms with Crippen molar-refractivity contribution in [2.24, 2.45) is 5.92 Å². The average Bonchev–Trinajstić information content (AvgIpc) is 2.02. The van der Waals surface area contributed by atoms with E-state index in [-0.39, 0.29) is 0 Å². The van der Waals surface area contributed by atoms with Gasteiger partial charge in [-0.25, -0.2) is 0 Å². The Kier molecular flexibility index (Phi) is 13.7. The molecule has 0 aromatic rings. The van der Waals surface area contributed by atoms with Crippen LogP contribution in [0.3, 0.4) is 0 Å². The van der Waals surface area contributed by atoms with Crippen molar-refractivity contribution in [1.29, 1.82) is 0 Å². The van der Waals surface area contributed by atoms with Gasteiger partial charge in [-0.05, 0) is 39.0 Å². The summed E-state index contributed by atoms with van der Waals surface area (Å²) in [4.78, 5) is 0. The number of unbranched alkanes of at least 4 members (excludes halogenated alkanes) is 1. The van der Waals surface area contributed by atoms with Gasteiger partial charge in [0.2, 0.25) is 0 Å². The summed E-state index contributed by atoms with van der Waals surface area (Å²) in [5.41, 5.74) is 1.17. The molecule has 0 heteroatoms. The van der Waals surface area contributed by atoms with Crippen LogP contribution in [0.15, 0.2) is 37.0 Å². The summed E-state index contributed by atoms with van der Waals surface area (Å²) in [6.07, 6.45) is 9.91. The molecular formula is C14H26. The van der Waals surface area contributed by atoms with Gasteiger partial charge < -0.3 is 0 Å². The fourth-order valence-electron chi connectivity index (χ4n) is 0.700. The molecule has 0 saturated heterocycles. The van der Waals surface area contributed by atoms with Crippen molar-refractivity contribution in [2.45, 2.75) is 47.0 Å². The number of allylic oxidation sites excluding steroid dienone is 4. The van der Waals surface area contributed by atoms with Gasteiger partial charge in [-0.3, -0.25) is 0 Å².